The van der Waals surface area contributed by atoms with Crippen molar-refractivity contribution in [3.05, 3.63) is 12.8 Å². The van der Waals surface area contributed by atoms with E-state index in [9.17, 15) is 0 Å². The minimum atomic E-state index is 0.116. The van der Waals surface area contributed by atoms with Crippen molar-refractivity contribution in [3.63, 3.8) is 0 Å². The lowest BCUT2D eigenvalue weighted by atomic mass is 9.71. The molecule has 0 aromatic carbocycles. The second-order valence-corrected chi connectivity index (χ2v) is 9.39. The molecule has 1 aliphatic heterocycles. The Labute approximate surface area is 181 Å². The molecule has 29 heavy (non-hydrogen) atoms. The minimum absolute atomic E-state index is 0.116. The summed E-state index contributed by atoms with van der Waals surface area (Å²) in [5, 5.41) is 0. The Hall–Kier alpha value is -0.540. The summed E-state index contributed by atoms with van der Waals surface area (Å²) in [5.74, 6) is 0.766. The van der Waals surface area contributed by atoms with Crippen LogP contribution in [0, 0.1) is 5.92 Å². The predicted octanol–water partition coefficient (Wildman–Crippen LogP) is 7.58. The second-order valence-electron chi connectivity index (χ2n) is 9.39. The first-order valence-electron chi connectivity index (χ1n) is 12.8. The average Bonchev–Trinajstić information content (AvgIpc) is 3.58. The van der Waals surface area contributed by atoms with Gasteiger partial charge in [0.15, 0.2) is 0 Å². The third kappa shape index (κ3) is 10.4. The maximum absolute atomic E-state index is 6.80. The third-order valence-corrected chi connectivity index (χ3v) is 6.99. The molecule has 3 nitrogen and oxygen atoms in total. The van der Waals surface area contributed by atoms with Gasteiger partial charge in [-0.3, -0.25) is 0 Å². The van der Waals surface area contributed by atoms with Gasteiger partial charge in [0.05, 0.1) is 31.7 Å². The van der Waals surface area contributed by atoms with E-state index in [0.717, 1.165) is 32.2 Å². The summed E-state index contributed by atoms with van der Waals surface area (Å²) in [5.41, 5.74) is 0.116. The van der Waals surface area contributed by atoms with Gasteiger partial charge in [0.25, 0.3) is 0 Å². The van der Waals surface area contributed by atoms with E-state index in [2.05, 4.69) is 13.5 Å². The van der Waals surface area contributed by atoms with Gasteiger partial charge in [-0.15, -0.1) is 0 Å². The van der Waals surface area contributed by atoms with Gasteiger partial charge < -0.3 is 14.2 Å². The van der Waals surface area contributed by atoms with Crippen LogP contribution < -0.4 is 0 Å². The molecule has 0 spiro atoms. The van der Waals surface area contributed by atoms with Crippen LogP contribution in [-0.2, 0) is 14.2 Å². The smallest absolute Gasteiger partial charge is 0.104 e. The van der Waals surface area contributed by atoms with Crippen LogP contribution in [0.5, 0.6) is 0 Å². The minimum Gasteiger partial charge on any atom is -0.502 e. The Morgan fingerprint density at radius 1 is 0.897 bits per heavy atom. The number of hydrogen-bond donors (Lipinski definition) is 0. The molecule has 1 saturated carbocycles. The Kier molecular flexibility index (Phi) is 13.0. The first kappa shape index (κ1) is 24.7. The molecule has 3 heteroatoms. The molecule has 2 fully saturated rings. The second kappa shape index (κ2) is 15.3. The molecule has 0 amide bonds. The molecule has 0 aromatic heterocycles. The van der Waals surface area contributed by atoms with E-state index >= 15 is 0 Å². The quantitative estimate of drug-likeness (QED) is 0.125. The van der Waals surface area contributed by atoms with Crippen molar-refractivity contribution < 1.29 is 14.2 Å². The Bertz CT molecular complexity index is 401. The molecule has 1 heterocycles. The highest BCUT2D eigenvalue weighted by atomic mass is 16.6. The van der Waals surface area contributed by atoms with Gasteiger partial charge in [-0.25, -0.2) is 0 Å². The monoisotopic (exact) mass is 408 g/mol. The van der Waals surface area contributed by atoms with Crippen LogP contribution >= 0.6 is 0 Å². The van der Waals surface area contributed by atoms with Gasteiger partial charge in [-0.05, 0) is 38.0 Å². The summed E-state index contributed by atoms with van der Waals surface area (Å²) in [6.07, 6.45) is 24.5. The predicted molar refractivity (Wildman–Crippen MR) is 122 cm³/mol. The zero-order valence-electron chi connectivity index (χ0n) is 19.3. The van der Waals surface area contributed by atoms with Gasteiger partial charge in [0, 0.05) is 0 Å². The number of ether oxygens (including phenoxy) is 3. The van der Waals surface area contributed by atoms with Crippen LogP contribution in [0.25, 0.3) is 0 Å². The summed E-state index contributed by atoms with van der Waals surface area (Å²) in [7, 11) is 0. The fourth-order valence-electron chi connectivity index (χ4n) is 5.10. The van der Waals surface area contributed by atoms with Crippen molar-refractivity contribution in [2.45, 2.75) is 128 Å². The molecule has 1 aliphatic carbocycles. The zero-order chi connectivity index (χ0) is 20.6. The van der Waals surface area contributed by atoms with Crippen LogP contribution in [-0.4, -0.2) is 31.5 Å². The van der Waals surface area contributed by atoms with Gasteiger partial charge in [0.1, 0.15) is 6.10 Å². The van der Waals surface area contributed by atoms with Crippen LogP contribution in [0.15, 0.2) is 12.8 Å². The molecule has 170 valence electrons. The van der Waals surface area contributed by atoms with Crippen LogP contribution in [0.2, 0.25) is 0 Å². The normalized spacial score (nSPS) is 21.6. The van der Waals surface area contributed by atoms with Crippen molar-refractivity contribution >= 4 is 0 Å². The van der Waals surface area contributed by atoms with Gasteiger partial charge >= 0.3 is 0 Å². The van der Waals surface area contributed by atoms with E-state index in [0.29, 0.717) is 6.10 Å². The van der Waals surface area contributed by atoms with E-state index in [-0.39, 0.29) is 5.60 Å². The lowest BCUT2D eigenvalue weighted by molar-refractivity contribution is -0.114. The fourth-order valence-corrected chi connectivity index (χ4v) is 5.10. The standard InChI is InChI=1S/C26H48O3/c1-3-5-6-8-14-19-26(29-23-25-22-28-25,24-17-12-11-13-18-24)20-15-9-7-10-16-21-27-4-2/h4,24-25H,2-3,5-23H2,1H3. The highest BCUT2D eigenvalue weighted by Crippen LogP contribution is 2.42. The first-order chi connectivity index (χ1) is 14.3. The molecule has 1 saturated heterocycles. The average molecular weight is 409 g/mol. The summed E-state index contributed by atoms with van der Waals surface area (Å²) in [4.78, 5) is 0. The highest BCUT2D eigenvalue weighted by molar-refractivity contribution is 4.91. The van der Waals surface area contributed by atoms with Gasteiger partial charge in [-0.2, -0.15) is 0 Å². The van der Waals surface area contributed by atoms with Crippen LogP contribution in [0.4, 0.5) is 0 Å². The molecule has 2 atom stereocenters. The number of unbranched alkanes of at least 4 members (excludes halogenated alkanes) is 8. The van der Waals surface area contributed by atoms with Crippen molar-refractivity contribution in [1.82, 2.24) is 0 Å². The molecule has 0 N–H and O–H groups in total. The zero-order valence-corrected chi connectivity index (χ0v) is 19.3. The van der Waals surface area contributed by atoms with Gasteiger partial charge in [-0.1, -0.05) is 90.6 Å². The van der Waals surface area contributed by atoms with E-state index in [4.69, 9.17) is 14.2 Å². The molecule has 0 bridgehead atoms. The summed E-state index contributed by atoms with van der Waals surface area (Å²) < 4.78 is 17.5. The van der Waals surface area contributed by atoms with Crippen molar-refractivity contribution in [2.75, 3.05) is 19.8 Å². The van der Waals surface area contributed by atoms with Crippen molar-refractivity contribution in [3.8, 4) is 0 Å². The van der Waals surface area contributed by atoms with E-state index in [1.54, 1.807) is 6.26 Å². The lowest BCUT2D eigenvalue weighted by Gasteiger charge is -2.43. The lowest BCUT2D eigenvalue weighted by Crippen LogP contribution is -2.43. The number of epoxide rings is 1. The maximum atomic E-state index is 6.80. The molecular weight excluding hydrogens is 360 g/mol. The number of rotatable bonds is 19. The van der Waals surface area contributed by atoms with Gasteiger partial charge in [0.2, 0.25) is 0 Å². The molecule has 2 rings (SSSR count). The summed E-state index contributed by atoms with van der Waals surface area (Å²) in [6, 6.07) is 0. The molecule has 2 unspecified atom stereocenters. The van der Waals surface area contributed by atoms with Crippen LogP contribution in [0.3, 0.4) is 0 Å². The van der Waals surface area contributed by atoms with Crippen molar-refractivity contribution in [2.24, 2.45) is 5.92 Å². The van der Waals surface area contributed by atoms with E-state index in [1.807, 2.05) is 0 Å². The molecular formula is C26H48O3. The Morgan fingerprint density at radius 3 is 2.14 bits per heavy atom. The first-order valence-corrected chi connectivity index (χ1v) is 12.8. The fraction of sp³-hybridized carbons (Fsp3) is 0.923. The topological polar surface area (TPSA) is 31.0 Å². The SMILES string of the molecule is C=COCCCCCCCC(CCCCCCC)(OCC1CO1)C1CCCCC1. The Morgan fingerprint density at radius 2 is 1.52 bits per heavy atom. The van der Waals surface area contributed by atoms with Crippen molar-refractivity contribution in [1.29, 1.82) is 0 Å². The largest absolute Gasteiger partial charge is 0.502 e. The number of hydrogen-bond acceptors (Lipinski definition) is 3. The third-order valence-electron chi connectivity index (χ3n) is 6.99. The molecule has 0 radical (unpaired) electrons. The molecule has 0 aromatic rings. The molecule has 2 aliphatic rings. The maximum Gasteiger partial charge on any atom is 0.104 e. The van der Waals surface area contributed by atoms with E-state index < -0.39 is 0 Å². The summed E-state index contributed by atoms with van der Waals surface area (Å²) in [6.45, 7) is 8.46. The van der Waals surface area contributed by atoms with E-state index in [1.165, 1.54) is 103 Å². The van der Waals surface area contributed by atoms with Crippen LogP contribution in [0.1, 0.15) is 116 Å². The highest BCUT2D eigenvalue weighted by Gasteiger charge is 2.40. The Balaban J connectivity index is 1.84. The summed E-state index contributed by atoms with van der Waals surface area (Å²) >= 11 is 0.